The van der Waals surface area contributed by atoms with Gasteiger partial charge in [0.15, 0.2) is 0 Å². The Labute approximate surface area is 352 Å². The monoisotopic (exact) mass is 807 g/mol. The van der Waals surface area contributed by atoms with Crippen molar-refractivity contribution in [2.75, 3.05) is 74.6 Å². The number of carbonyl (C=O) groups is 2. The van der Waals surface area contributed by atoms with Crippen molar-refractivity contribution in [3.63, 3.8) is 0 Å². The molecule has 0 aromatic carbocycles. The van der Waals surface area contributed by atoms with Gasteiger partial charge in [0.2, 0.25) is 29.7 Å². The highest BCUT2D eigenvalue weighted by Gasteiger charge is 2.50. The van der Waals surface area contributed by atoms with Crippen LogP contribution in [0.25, 0.3) is 0 Å². The molecule has 2 amide bonds. The maximum atomic E-state index is 14.1. The molecule has 58 heavy (non-hydrogen) atoms. The summed E-state index contributed by atoms with van der Waals surface area (Å²) in [6.45, 7) is 24.5. The Balaban J connectivity index is 1.41. The van der Waals surface area contributed by atoms with E-state index in [9.17, 15) is 9.59 Å². The first-order chi connectivity index (χ1) is 27.4. The van der Waals surface area contributed by atoms with Gasteiger partial charge in [-0.3, -0.25) is 19.4 Å². The van der Waals surface area contributed by atoms with E-state index in [1.165, 1.54) is 70.6 Å². The van der Waals surface area contributed by atoms with Gasteiger partial charge in [0.05, 0.1) is 11.1 Å². The maximum absolute atomic E-state index is 14.1. The van der Waals surface area contributed by atoms with Crippen LogP contribution < -0.4 is 14.7 Å². The topological polar surface area (TPSA) is 95.5 Å². The molecule has 2 aliphatic heterocycles. The minimum Gasteiger partial charge on any atom is -0.338 e. The van der Waals surface area contributed by atoms with E-state index in [1.807, 2.05) is 0 Å². The quantitative estimate of drug-likeness (QED) is 0.190. The molecule has 0 spiro atoms. The summed E-state index contributed by atoms with van der Waals surface area (Å²) in [5.74, 6) is 2.72. The Bertz CT molecular complexity index is 1450. The zero-order valence-corrected chi connectivity index (χ0v) is 38.8. The van der Waals surface area contributed by atoms with Crippen molar-refractivity contribution < 1.29 is 9.59 Å². The summed E-state index contributed by atoms with van der Waals surface area (Å²) < 4.78 is 0. The van der Waals surface area contributed by atoms with Crippen LogP contribution in [0, 0.1) is 0 Å². The minimum atomic E-state index is -0.582. The third-order valence-corrected chi connectivity index (χ3v) is 15.4. The van der Waals surface area contributed by atoms with E-state index in [0.29, 0.717) is 57.4 Å². The maximum Gasteiger partial charge on any atom is 0.242 e. The fourth-order valence-corrected chi connectivity index (χ4v) is 11.2. The fourth-order valence-electron chi connectivity index (χ4n) is 11.2. The highest BCUT2D eigenvalue weighted by molar-refractivity contribution is 5.87. The molecular weight excluding hydrogens is 725 g/mol. The number of hydrogen-bond donors (Lipinski definition) is 0. The lowest BCUT2D eigenvalue weighted by Gasteiger charge is -2.54. The molecule has 12 heteroatoms. The van der Waals surface area contributed by atoms with Crippen LogP contribution in [0.15, 0.2) is 0 Å². The summed E-state index contributed by atoms with van der Waals surface area (Å²) >= 11 is 0. The van der Waals surface area contributed by atoms with E-state index in [4.69, 9.17) is 15.0 Å². The summed E-state index contributed by atoms with van der Waals surface area (Å²) in [4.78, 5) is 60.9. The van der Waals surface area contributed by atoms with Gasteiger partial charge in [0, 0.05) is 75.0 Å². The molecule has 6 rings (SSSR count). The van der Waals surface area contributed by atoms with Gasteiger partial charge < -0.3 is 24.5 Å². The largest absolute Gasteiger partial charge is 0.338 e. The molecule has 0 atom stereocenters. The first-order valence-electron chi connectivity index (χ1n) is 23.5. The number of amides is 2. The van der Waals surface area contributed by atoms with Crippen molar-refractivity contribution in [2.45, 2.75) is 205 Å². The summed E-state index contributed by atoms with van der Waals surface area (Å²) in [5, 5.41) is 0. The van der Waals surface area contributed by atoms with Crippen LogP contribution >= 0.6 is 0 Å². The highest BCUT2D eigenvalue weighted by atomic mass is 16.2. The standard InChI is InChI=1S/C46H82N10O2/c1-12-28-54(35-22-16-13-17-23-35)40-47-41(55(36-24-18-14-19-25-36)31-29-52-33-43(2,3)50(10)45(6,7)38(52)57)49-42(48-40)56(37-26-20-15-21-27-37)32-30-53-34-44(4,5)51(11)46(8,9)39(53)58/h35-37H,12-34H2,1-11H3. The molecular formula is C46H82N10O2. The van der Waals surface area contributed by atoms with E-state index < -0.39 is 11.1 Å². The zero-order chi connectivity index (χ0) is 42.0. The van der Waals surface area contributed by atoms with Crippen molar-refractivity contribution >= 4 is 29.7 Å². The molecule has 5 aliphatic rings. The fraction of sp³-hybridized carbons (Fsp3) is 0.891. The van der Waals surface area contributed by atoms with Crippen molar-refractivity contribution in [1.82, 2.24) is 34.6 Å². The van der Waals surface area contributed by atoms with Crippen molar-refractivity contribution in [3.8, 4) is 0 Å². The Hall–Kier alpha value is -2.73. The first kappa shape index (κ1) is 44.8. The normalized spacial score (nSPS) is 24.9. The lowest BCUT2D eigenvalue weighted by atomic mass is 9.87. The lowest BCUT2D eigenvalue weighted by Crippen LogP contribution is -2.70. The molecule has 1 aromatic heterocycles. The summed E-state index contributed by atoms with van der Waals surface area (Å²) in [5.41, 5.74) is -1.45. The van der Waals surface area contributed by atoms with Crippen LogP contribution in [-0.4, -0.2) is 147 Å². The molecule has 0 bridgehead atoms. The SMILES string of the molecule is CCCN(c1nc(N(CCN2CC(C)(C)N(C)C(C)(C)C2=O)C2CCCCC2)nc(N(CCN2CC(C)(C)N(C)C(C)(C)C2=O)C2CCCCC2)n1)C1CCCCC1. The summed E-state index contributed by atoms with van der Waals surface area (Å²) in [6.07, 6.45) is 18.9. The number of likely N-dealkylation sites (N-methyl/N-ethyl adjacent to an activating group) is 2. The predicted octanol–water partition coefficient (Wildman–Crippen LogP) is 7.36. The summed E-state index contributed by atoms with van der Waals surface area (Å²) in [6, 6.07) is 1.04. The number of rotatable bonds is 14. The smallest absolute Gasteiger partial charge is 0.242 e. The minimum absolute atomic E-state index is 0.142. The van der Waals surface area contributed by atoms with Crippen LogP contribution in [0.3, 0.4) is 0 Å². The van der Waals surface area contributed by atoms with Gasteiger partial charge in [-0.1, -0.05) is 64.7 Å². The van der Waals surface area contributed by atoms with Gasteiger partial charge in [-0.05, 0) is 114 Å². The van der Waals surface area contributed by atoms with Crippen molar-refractivity contribution in [2.24, 2.45) is 0 Å². The third-order valence-electron chi connectivity index (χ3n) is 15.4. The number of nitrogens with zero attached hydrogens (tertiary/aromatic N) is 10. The molecule has 328 valence electrons. The van der Waals surface area contributed by atoms with Gasteiger partial charge >= 0.3 is 0 Å². The molecule has 3 aliphatic carbocycles. The van der Waals surface area contributed by atoms with Crippen LogP contribution in [0.1, 0.15) is 165 Å². The second kappa shape index (κ2) is 18.1. The molecule has 0 N–H and O–H groups in total. The van der Waals surface area contributed by atoms with Crippen LogP contribution in [0.4, 0.5) is 17.8 Å². The Kier molecular flexibility index (Phi) is 14.0. The molecule has 0 radical (unpaired) electrons. The molecule has 12 nitrogen and oxygen atoms in total. The van der Waals surface area contributed by atoms with Crippen LogP contribution in [-0.2, 0) is 9.59 Å². The Morgan fingerprint density at radius 3 is 1.09 bits per heavy atom. The first-order valence-corrected chi connectivity index (χ1v) is 23.5. The van der Waals surface area contributed by atoms with Gasteiger partial charge in [0.1, 0.15) is 0 Å². The number of anilines is 3. The molecule has 3 heterocycles. The third kappa shape index (κ3) is 9.42. The number of aromatic nitrogens is 3. The zero-order valence-electron chi connectivity index (χ0n) is 38.8. The predicted molar refractivity (Wildman–Crippen MR) is 238 cm³/mol. The Morgan fingerprint density at radius 2 is 0.793 bits per heavy atom. The number of carbonyl (C=O) groups excluding carboxylic acids is 2. The van der Waals surface area contributed by atoms with Gasteiger partial charge in [-0.15, -0.1) is 0 Å². The second-order valence-corrected chi connectivity index (χ2v) is 21.0. The van der Waals surface area contributed by atoms with E-state index >= 15 is 0 Å². The van der Waals surface area contributed by atoms with Gasteiger partial charge in [0.25, 0.3) is 0 Å². The van der Waals surface area contributed by atoms with Gasteiger partial charge in [-0.2, -0.15) is 15.0 Å². The average molecular weight is 807 g/mol. The molecule has 5 fully saturated rings. The Morgan fingerprint density at radius 1 is 0.500 bits per heavy atom. The van der Waals surface area contributed by atoms with Crippen LogP contribution in [0.5, 0.6) is 0 Å². The molecule has 2 saturated heterocycles. The van der Waals surface area contributed by atoms with Crippen molar-refractivity contribution in [1.29, 1.82) is 0 Å². The lowest BCUT2D eigenvalue weighted by molar-refractivity contribution is -0.157. The summed E-state index contributed by atoms with van der Waals surface area (Å²) in [7, 11) is 4.18. The second-order valence-electron chi connectivity index (χ2n) is 21.0. The van der Waals surface area contributed by atoms with E-state index in [0.717, 1.165) is 56.5 Å². The number of hydrogen-bond acceptors (Lipinski definition) is 10. The van der Waals surface area contributed by atoms with E-state index in [1.54, 1.807) is 0 Å². The molecule has 3 saturated carbocycles. The number of piperazine rings is 2. The molecule has 1 aromatic rings. The molecule has 0 unspecified atom stereocenters. The van der Waals surface area contributed by atoms with E-state index in [2.05, 4.69) is 111 Å². The van der Waals surface area contributed by atoms with E-state index in [-0.39, 0.29) is 22.9 Å². The average Bonchev–Trinajstić information content (AvgIpc) is 3.21. The van der Waals surface area contributed by atoms with Gasteiger partial charge in [-0.25, -0.2) is 0 Å². The van der Waals surface area contributed by atoms with Crippen molar-refractivity contribution in [3.05, 3.63) is 0 Å². The highest BCUT2D eigenvalue weighted by Crippen LogP contribution is 2.36. The van der Waals surface area contributed by atoms with Crippen LogP contribution in [0.2, 0.25) is 0 Å².